The molecule has 0 radical (unpaired) electrons. The molecule has 0 saturated heterocycles. The van der Waals surface area contributed by atoms with E-state index in [1.807, 2.05) is 30.3 Å². The van der Waals surface area contributed by atoms with Gasteiger partial charge in [0.2, 0.25) is 5.82 Å². The summed E-state index contributed by atoms with van der Waals surface area (Å²) in [4.78, 5) is 17.4. The van der Waals surface area contributed by atoms with Gasteiger partial charge >= 0.3 is 0 Å². The molecular formula is C23H19N3O4. The van der Waals surface area contributed by atoms with E-state index in [9.17, 15) is 4.79 Å². The highest BCUT2D eigenvalue weighted by atomic mass is 16.5. The first-order valence-electron chi connectivity index (χ1n) is 9.21. The van der Waals surface area contributed by atoms with E-state index in [1.54, 1.807) is 56.7 Å². The summed E-state index contributed by atoms with van der Waals surface area (Å²) in [6.07, 6.45) is 0. The zero-order valence-corrected chi connectivity index (χ0v) is 16.5. The summed E-state index contributed by atoms with van der Waals surface area (Å²) in [6.45, 7) is 0. The van der Waals surface area contributed by atoms with Crippen LogP contribution in [-0.2, 0) is 0 Å². The average molecular weight is 401 g/mol. The van der Waals surface area contributed by atoms with Crippen molar-refractivity contribution in [3.63, 3.8) is 0 Å². The molecule has 0 atom stereocenters. The van der Waals surface area contributed by atoms with E-state index in [4.69, 9.17) is 14.0 Å². The van der Waals surface area contributed by atoms with Gasteiger partial charge in [0.1, 0.15) is 11.5 Å². The normalized spacial score (nSPS) is 10.5. The number of hydrogen-bond acceptors (Lipinski definition) is 6. The molecule has 0 aliphatic rings. The molecule has 7 heteroatoms. The zero-order valence-electron chi connectivity index (χ0n) is 16.5. The van der Waals surface area contributed by atoms with Crippen molar-refractivity contribution in [2.75, 3.05) is 19.5 Å². The van der Waals surface area contributed by atoms with Gasteiger partial charge in [-0.3, -0.25) is 4.79 Å². The first-order chi connectivity index (χ1) is 14.7. The number of nitrogens with zero attached hydrogens (tertiary/aromatic N) is 2. The van der Waals surface area contributed by atoms with Crippen LogP contribution in [0.5, 0.6) is 11.5 Å². The van der Waals surface area contributed by atoms with Gasteiger partial charge in [-0.25, -0.2) is 0 Å². The molecule has 30 heavy (non-hydrogen) atoms. The van der Waals surface area contributed by atoms with Crippen LogP contribution in [0.4, 0.5) is 5.69 Å². The van der Waals surface area contributed by atoms with Gasteiger partial charge in [0.25, 0.3) is 11.8 Å². The van der Waals surface area contributed by atoms with E-state index in [0.717, 1.165) is 0 Å². The lowest BCUT2D eigenvalue weighted by molar-refractivity contribution is 0.102. The third-order valence-electron chi connectivity index (χ3n) is 4.52. The lowest BCUT2D eigenvalue weighted by atomic mass is 10.1. The van der Waals surface area contributed by atoms with Crippen LogP contribution >= 0.6 is 0 Å². The highest BCUT2D eigenvalue weighted by Gasteiger charge is 2.19. The van der Waals surface area contributed by atoms with E-state index in [0.29, 0.717) is 39.7 Å². The number of amides is 1. The van der Waals surface area contributed by atoms with Gasteiger partial charge in [0.05, 0.1) is 30.9 Å². The Balaban J connectivity index is 1.63. The highest BCUT2D eigenvalue weighted by Crippen LogP contribution is 2.30. The fraction of sp³-hybridized carbons (Fsp3) is 0.0870. The van der Waals surface area contributed by atoms with E-state index >= 15 is 0 Å². The molecule has 1 amide bonds. The number of para-hydroxylation sites is 1. The predicted molar refractivity (Wildman–Crippen MR) is 113 cm³/mol. The van der Waals surface area contributed by atoms with Crippen molar-refractivity contribution < 1.29 is 18.8 Å². The Labute approximate surface area is 173 Å². The van der Waals surface area contributed by atoms with Crippen LogP contribution < -0.4 is 14.8 Å². The van der Waals surface area contributed by atoms with Crippen LogP contribution in [0.15, 0.2) is 77.3 Å². The molecule has 0 aliphatic carbocycles. The SMILES string of the molecule is COc1ccc(NC(=O)c2ccccc2-c2nc(-c3ccccc3OC)no2)cc1. The van der Waals surface area contributed by atoms with Gasteiger partial charge in [-0.2, -0.15) is 4.98 Å². The number of aromatic nitrogens is 2. The van der Waals surface area contributed by atoms with Crippen LogP contribution in [0.25, 0.3) is 22.8 Å². The number of rotatable bonds is 6. The number of anilines is 1. The summed E-state index contributed by atoms with van der Waals surface area (Å²) in [7, 11) is 3.17. The Morgan fingerprint density at radius 1 is 0.867 bits per heavy atom. The molecule has 3 aromatic carbocycles. The van der Waals surface area contributed by atoms with Crippen molar-refractivity contribution in [1.29, 1.82) is 0 Å². The van der Waals surface area contributed by atoms with Gasteiger partial charge in [-0.15, -0.1) is 0 Å². The quantitative estimate of drug-likeness (QED) is 0.505. The van der Waals surface area contributed by atoms with Gasteiger partial charge in [-0.1, -0.05) is 29.4 Å². The van der Waals surface area contributed by atoms with E-state index in [1.165, 1.54) is 0 Å². The van der Waals surface area contributed by atoms with Crippen LogP contribution in [0.1, 0.15) is 10.4 Å². The fourth-order valence-electron chi connectivity index (χ4n) is 3.01. The van der Waals surface area contributed by atoms with Crippen molar-refractivity contribution >= 4 is 11.6 Å². The number of carbonyl (C=O) groups is 1. The average Bonchev–Trinajstić information content (AvgIpc) is 3.29. The highest BCUT2D eigenvalue weighted by molar-refractivity contribution is 6.08. The van der Waals surface area contributed by atoms with E-state index in [-0.39, 0.29) is 11.8 Å². The number of hydrogen-bond donors (Lipinski definition) is 1. The van der Waals surface area contributed by atoms with Gasteiger partial charge in [-0.05, 0) is 48.5 Å². The smallest absolute Gasteiger partial charge is 0.259 e. The van der Waals surface area contributed by atoms with Gasteiger partial charge in [0, 0.05) is 5.69 Å². The molecule has 1 heterocycles. The molecule has 1 aromatic heterocycles. The molecule has 0 saturated carbocycles. The zero-order chi connectivity index (χ0) is 20.9. The summed E-state index contributed by atoms with van der Waals surface area (Å²) in [5.41, 5.74) is 2.31. The Bertz CT molecular complexity index is 1170. The standard InChI is InChI=1S/C23H19N3O4/c1-28-16-13-11-15(12-14-16)24-22(27)17-7-3-4-8-18(17)23-25-21(26-30-23)19-9-5-6-10-20(19)29-2/h3-14H,1-2H3,(H,24,27). The van der Waals surface area contributed by atoms with Crippen molar-refractivity contribution in [2.45, 2.75) is 0 Å². The Morgan fingerprint density at radius 2 is 1.57 bits per heavy atom. The molecule has 4 rings (SSSR count). The topological polar surface area (TPSA) is 86.5 Å². The van der Waals surface area contributed by atoms with E-state index in [2.05, 4.69) is 15.5 Å². The maximum atomic E-state index is 12.9. The maximum absolute atomic E-state index is 12.9. The monoisotopic (exact) mass is 401 g/mol. The summed E-state index contributed by atoms with van der Waals surface area (Å²) in [6, 6.07) is 21.6. The minimum Gasteiger partial charge on any atom is -0.497 e. The molecule has 0 aliphatic heterocycles. The first-order valence-corrected chi connectivity index (χ1v) is 9.21. The van der Waals surface area contributed by atoms with Crippen LogP contribution in [-0.4, -0.2) is 30.3 Å². The van der Waals surface area contributed by atoms with Crippen molar-refractivity contribution in [2.24, 2.45) is 0 Å². The molecule has 1 N–H and O–H groups in total. The minimum absolute atomic E-state index is 0.247. The van der Waals surface area contributed by atoms with Crippen molar-refractivity contribution in [3.8, 4) is 34.3 Å². The third-order valence-corrected chi connectivity index (χ3v) is 4.52. The summed E-state index contributed by atoms with van der Waals surface area (Å²) >= 11 is 0. The summed E-state index contributed by atoms with van der Waals surface area (Å²) in [5.74, 6) is 1.69. The number of benzene rings is 3. The predicted octanol–water partition coefficient (Wildman–Crippen LogP) is 4.67. The summed E-state index contributed by atoms with van der Waals surface area (Å²) < 4.78 is 16.0. The minimum atomic E-state index is -0.284. The molecular weight excluding hydrogens is 382 g/mol. The van der Waals surface area contributed by atoms with Gasteiger partial charge in [0.15, 0.2) is 0 Å². The molecule has 0 spiro atoms. The number of ether oxygens (including phenoxy) is 2. The maximum Gasteiger partial charge on any atom is 0.259 e. The second-order valence-electron chi connectivity index (χ2n) is 6.35. The Hall–Kier alpha value is -4.13. The van der Waals surface area contributed by atoms with Crippen molar-refractivity contribution in [3.05, 3.63) is 78.4 Å². The van der Waals surface area contributed by atoms with Crippen LogP contribution in [0.3, 0.4) is 0 Å². The molecule has 150 valence electrons. The van der Waals surface area contributed by atoms with Crippen LogP contribution in [0, 0.1) is 0 Å². The number of carbonyl (C=O) groups excluding carboxylic acids is 1. The lowest BCUT2D eigenvalue weighted by Crippen LogP contribution is -2.13. The van der Waals surface area contributed by atoms with Crippen LogP contribution in [0.2, 0.25) is 0 Å². The summed E-state index contributed by atoms with van der Waals surface area (Å²) in [5, 5.41) is 6.94. The molecule has 7 nitrogen and oxygen atoms in total. The molecule has 0 unspecified atom stereocenters. The Kier molecular flexibility index (Phi) is 5.43. The molecule has 0 bridgehead atoms. The van der Waals surface area contributed by atoms with Gasteiger partial charge < -0.3 is 19.3 Å². The van der Waals surface area contributed by atoms with Crippen molar-refractivity contribution in [1.82, 2.24) is 10.1 Å². The third kappa shape index (κ3) is 3.86. The Morgan fingerprint density at radius 3 is 2.30 bits per heavy atom. The molecule has 0 fully saturated rings. The second kappa shape index (κ2) is 8.48. The number of nitrogens with one attached hydrogen (secondary N) is 1. The largest absolute Gasteiger partial charge is 0.497 e. The number of methoxy groups -OCH3 is 2. The molecule has 4 aromatic rings. The first kappa shape index (κ1) is 19.2. The fourth-order valence-corrected chi connectivity index (χ4v) is 3.01. The van der Waals surface area contributed by atoms with E-state index < -0.39 is 0 Å². The lowest BCUT2D eigenvalue weighted by Gasteiger charge is -2.08. The second-order valence-corrected chi connectivity index (χ2v) is 6.35.